The van der Waals surface area contributed by atoms with Crippen molar-refractivity contribution in [3.63, 3.8) is 0 Å². The van der Waals surface area contributed by atoms with E-state index in [9.17, 15) is 0 Å². The summed E-state index contributed by atoms with van der Waals surface area (Å²) in [6.07, 6.45) is 0. The Balaban J connectivity index is 1.24. The molecule has 3 heterocycles. The van der Waals surface area contributed by atoms with Gasteiger partial charge in [0.2, 0.25) is 5.95 Å². The fourth-order valence-corrected chi connectivity index (χ4v) is 7.17. The monoisotopic (exact) mass is 640 g/mol. The fraction of sp³-hybridized carbons (Fsp3) is 0. The molecule has 10 rings (SSSR count). The van der Waals surface area contributed by atoms with Gasteiger partial charge in [-0.15, -0.1) is 0 Å². The van der Waals surface area contributed by atoms with Crippen molar-refractivity contribution in [3.8, 4) is 51.0 Å². The van der Waals surface area contributed by atoms with Crippen molar-refractivity contribution >= 4 is 43.7 Å². The average molecular weight is 641 g/mol. The van der Waals surface area contributed by atoms with Crippen LogP contribution in [0.15, 0.2) is 174 Å². The second kappa shape index (κ2) is 11.4. The van der Waals surface area contributed by atoms with Gasteiger partial charge in [-0.1, -0.05) is 152 Å². The molecule has 234 valence electrons. The van der Waals surface area contributed by atoms with Crippen LogP contribution in [0.5, 0.6) is 0 Å². The number of hydrogen-bond donors (Lipinski definition) is 0. The molecule has 0 spiro atoms. The highest BCUT2D eigenvalue weighted by Crippen LogP contribution is 2.41. The van der Waals surface area contributed by atoms with Gasteiger partial charge in [-0.05, 0) is 29.3 Å². The summed E-state index contributed by atoms with van der Waals surface area (Å²) in [5, 5.41) is 4.43. The molecular weight excluding hydrogens is 613 g/mol. The Morgan fingerprint density at radius 1 is 0.400 bits per heavy atom. The largest absolute Gasteiger partial charge is 0.455 e. The quantitative estimate of drug-likeness (QED) is 0.188. The molecule has 0 atom stereocenters. The van der Waals surface area contributed by atoms with Gasteiger partial charge in [0.15, 0.2) is 11.6 Å². The predicted octanol–water partition coefficient (Wildman–Crippen LogP) is 11.5. The SMILES string of the molecule is c1ccc(-c2nc(-c3ccccc3)nc(-n3c4ccccc4c4cccc(-c5ccc6oc7c(-c8ccccc8)cccc7c6c5)c43)n2)cc1. The van der Waals surface area contributed by atoms with E-state index in [1.54, 1.807) is 0 Å². The smallest absolute Gasteiger partial charge is 0.238 e. The first kappa shape index (κ1) is 28.2. The van der Waals surface area contributed by atoms with Crippen LogP contribution in [0, 0.1) is 0 Å². The van der Waals surface area contributed by atoms with Crippen LogP contribution in [0.3, 0.4) is 0 Å². The number of benzene rings is 7. The number of furan rings is 1. The standard InChI is InChI=1S/C45H28N4O/c1-4-14-29(15-5-1)34-22-13-24-37-38-28-32(26-27-40(38)50-42(34)37)33-21-12-23-36-35-20-10-11-25-39(35)49(41(33)36)45-47-43(30-16-6-2-7-17-30)46-44(48-45)31-18-8-3-9-19-31/h1-28H. The van der Waals surface area contributed by atoms with Gasteiger partial charge in [-0.2, -0.15) is 9.97 Å². The molecular formula is C45H28N4O. The van der Waals surface area contributed by atoms with Crippen molar-refractivity contribution in [2.24, 2.45) is 0 Å². The van der Waals surface area contributed by atoms with Crippen LogP contribution in [0.4, 0.5) is 0 Å². The van der Waals surface area contributed by atoms with E-state index in [1.165, 1.54) is 0 Å². The van der Waals surface area contributed by atoms with E-state index in [0.29, 0.717) is 17.6 Å². The van der Waals surface area contributed by atoms with Gasteiger partial charge < -0.3 is 4.42 Å². The molecule has 0 aliphatic heterocycles. The summed E-state index contributed by atoms with van der Waals surface area (Å²) in [5.74, 6) is 1.82. The lowest BCUT2D eigenvalue weighted by atomic mass is 9.99. The van der Waals surface area contributed by atoms with E-state index in [0.717, 1.165) is 77.1 Å². The minimum Gasteiger partial charge on any atom is -0.455 e. The summed E-state index contributed by atoms with van der Waals surface area (Å²) in [6.45, 7) is 0. The fourth-order valence-electron chi connectivity index (χ4n) is 7.17. The van der Waals surface area contributed by atoms with Crippen molar-refractivity contribution in [2.75, 3.05) is 0 Å². The van der Waals surface area contributed by atoms with Gasteiger partial charge in [0.05, 0.1) is 11.0 Å². The van der Waals surface area contributed by atoms with Gasteiger partial charge in [0.1, 0.15) is 11.2 Å². The third kappa shape index (κ3) is 4.52. The summed E-state index contributed by atoms with van der Waals surface area (Å²) < 4.78 is 8.74. The second-order valence-corrected chi connectivity index (χ2v) is 12.4. The molecule has 0 N–H and O–H groups in total. The molecule has 0 amide bonds. The highest BCUT2D eigenvalue weighted by atomic mass is 16.3. The molecule has 0 fully saturated rings. The normalized spacial score (nSPS) is 11.6. The van der Waals surface area contributed by atoms with Crippen LogP contribution in [-0.4, -0.2) is 19.5 Å². The van der Waals surface area contributed by atoms with Crippen molar-refractivity contribution < 1.29 is 4.42 Å². The van der Waals surface area contributed by atoms with Crippen LogP contribution >= 0.6 is 0 Å². The van der Waals surface area contributed by atoms with E-state index >= 15 is 0 Å². The summed E-state index contributed by atoms with van der Waals surface area (Å²) in [5.41, 5.74) is 10.1. The minimum absolute atomic E-state index is 0.568. The molecule has 0 unspecified atom stereocenters. The maximum atomic E-state index is 6.54. The Bertz CT molecular complexity index is 2800. The zero-order valence-electron chi connectivity index (χ0n) is 26.9. The zero-order chi connectivity index (χ0) is 33.0. The van der Waals surface area contributed by atoms with E-state index in [1.807, 2.05) is 66.7 Å². The summed E-state index contributed by atoms with van der Waals surface area (Å²) >= 11 is 0. The summed E-state index contributed by atoms with van der Waals surface area (Å²) in [4.78, 5) is 15.3. The number of rotatable bonds is 5. The van der Waals surface area contributed by atoms with Crippen LogP contribution in [-0.2, 0) is 0 Å². The highest BCUT2D eigenvalue weighted by Gasteiger charge is 2.21. The van der Waals surface area contributed by atoms with Crippen LogP contribution < -0.4 is 0 Å². The second-order valence-electron chi connectivity index (χ2n) is 12.4. The summed E-state index contributed by atoms with van der Waals surface area (Å²) in [6, 6.07) is 58.5. The molecule has 0 saturated heterocycles. The van der Waals surface area contributed by atoms with Gasteiger partial charge in [-0.25, -0.2) is 4.98 Å². The van der Waals surface area contributed by atoms with Gasteiger partial charge in [-0.3, -0.25) is 4.57 Å². The summed E-state index contributed by atoms with van der Waals surface area (Å²) in [7, 11) is 0. The molecule has 50 heavy (non-hydrogen) atoms. The van der Waals surface area contributed by atoms with E-state index in [-0.39, 0.29) is 0 Å². The van der Waals surface area contributed by atoms with Crippen molar-refractivity contribution in [1.29, 1.82) is 0 Å². The lowest BCUT2D eigenvalue weighted by Crippen LogP contribution is -2.06. The first-order chi connectivity index (χ1) is 24.8. The van der Waals surface area contributed by atoms with Crippen molar-refractivity contribution in [1.82, 2.24) is 19.5 Å². The zero-order valence-corrected chi connectivity index (χ0v) is 26.9. The molecule has 0 aliphatic rings. The highest BCUT2D eigenvalue weighted by molar-refractivity contribution is 6.15. The van der Waals surface area contributed by atoms with Crippen LogP contribution in [0.2, 0.25) is 0 Å². The molecule has 5 nitrogen and oxygen atoms in total. The molecule has 0 bridgehead atoms. The Hall–Kier alpha value is -6.85. The first-order valence-electron chi connectivity index (χ1n) is 16.7. The van der Waals surface area contributed by atoms with Gasteiger partial charge in [0, 0.05) is 43.8 Å². The van der Waals surface area contributed by atoms with Crippen molar-refractivity contribution in [2.45, 2.75) is 0 Å². The Morgan fingerprint density at radius 3 is 1.68 bits per heavy atom. The van der Waals surface area contributed by atoms with Gasteiger partial charge in [0.25, 0.3) is 0 Å². The number of nitrogens with zero attached hydrogens (tertiary/aromatic N) is 4. The Labute approximate surface area is 287 Å². The molecule has 7 aromatic carbocycles. The topological polar surface area (TPSA) is 56.7 Å². The van der Waals surface area contributed by atoms with E-state index in [4.69, 9.17) is 19.4 Å². The molecule has 5 heteroatoms. The maximum Gasteiger partial charge on any atom is 0.238 e. The number of para-hydroxylation sites is 3. The van der Waals surface area contributed by atoms with Crippen LogP contribution in [0.1, 0.15) is 0 Å². The Morgan fingerprint density at radius 2 is 0.980 bits per heavy atom. The Kier molecular flexibility index (Phi) is 6.42. The van der Waals surface area contributed by atoms with Crippen LogP contribution in [0.25, 0.3) is 94.7 Å². The number of hydrogen-bond acceptors (Lipinski definition) is 4. The molecule has 0 saturated carbocycles. The van der Waals surface area contributed by atoms with E-state index in [2.05, 4.69) is 108 Å². The third-order valence-corrected chi connectivity index (χ3v) is 9.47. The molecule has 10 aromatic rings. The molecule has 0 aliphatic carbocycles. The number of fused-ring (bicyclic) bond motifs is 6. The van der Waals surface area contributed by atoms with E-state index < -0.39 is 0 Å². The minimum atomic E-state index is 0.568. The van der Waals surface area contributed by atoms with Crippen molar-refractivity contribution in [3.05, 3.63) is 170 Å². The van der Waals surface area contributed by atoms with Gasteiger partial charge >= 0.3 is 0 Å². The lowest BCUT2D eigenvalue weighted by Gasteiger charge is -2.13. The molecule has 0 radical (unpaired) electrons. The predicted molar refractivity (Wildman–Crippen MR) is 203 cm³/mol. The third-order valence-electron chi connectivity index (χ3n) is 9.47. The number of aromatic nitrogens is 4. The lowest BCUT2D eigenvalue weighted by molar-refractivity contribution is 0.670. The molecule has 3 aromatic heterocycles. The maximum absolute atomic E-state index is 6.54. The average Bonchev–Trinajstić information content (AvgIpc) is 3.74. The first-order valence-corrected chi connectivity index (χ1v) is 16.7.